The lowest BCUT2D eigenvalue weighted by Gasteiger charge is -2.27. The first-order chi connectivity index (χ1) is 7.65. The SMILES string of the molecule is CC1CCCC(NC2=NC(C(C)C)CS2)C1. The number of nitrogens with one attached hydrogen (secondary N) is 1. The predicted molar refractivity (Wildman–Crippen MR) is 73.1 cm³/mol. The average Bonchev–Trinajstić information content (AvgIpc) is 2.66. The molecular weight excluding hydrogens is 216 g/mol. The van der Waals surface area contributed by atoms with Crippen LogP contribution in [0.3, 0.4) is 0 Å². The number of aliphatic imine (C=N–C) groups is 1. The predicted octanol–water partition coefficient (Wildman–Crippen LogP) is 3.28. The van der Waals surface area contributed by atoms with E-state index in [1.165, 1.54) is 36.6 Å². The Hall–Kier alpha value is -0.180. The molecule has 16 heavy (non-hydrogen) atoms. The largest absolute Gasteiger partial charge is 0.362 e. The van der Waals surface area contributed by atoms with Crippen LogP contribution < -0.4 is 5.32 Å². The Kier molecular flexibility index (Phi) is 4.17. The molecule has 0 aromatic carbocycles. The molecule has 92 valence electrons. The molecule has 0 aromatic rings. The molecule has 3 atom stereocenters. The Morgan fingerprint density at radius 3 is 2.81 bits per heavy atom. The van der Waals surface area contributed by atoms with E-state index in [-0.39, 0.29) is 0 Å². The van der Waals surface area contributed by atoms with Gasteiger partial charge in [-0.1, -0.05) is 45.4 Å². The monoisotopic (exact) mass is 240 g/mol. The summed E-state index contributed by atoms with van der Waals surface area (Å²) in [6, 6.07) is 1.22. The molecule has 0 aromatic heterocycles. The van der Waals surface area contributed by atoms with Crippen LogP contribution in [-0.2, 0) is 0 Å². The van der Waals surface area contributed by atoms with Crippen molar-refractivity contribution in [2.75, 3.05) is 5.75 Å². The summed E-state index contributed by atoms with van der Waals surface area (Å²) in [4.78, 5) is 4.78. The fourth-order valence-electron chi connectivity index (χ4n) is 2.55. The Balaban J connectivity index is 1.83. The van der Waals surface area contributed by atoms with E-state index in [1.54, 1.807) is 0 Å². The van der Waals surface area contributed by atoms with Gasteiger partial charge in [-0.15, -0.1) is 0 Å². The molecule has 0 bridgehead atoms. The molecule has 3 heteroatoms. The second-order valence-electron chi connectivity index (χ2n) is 5.67. The van der Waals surface area contributed by atoms with Crippen molar-refractivity contribution >= 4 is 16.9 Å². The van der Waals surface area contributed by atoms with E-state index in [9.17, 15) is 0 Å². The van der Waals surface area contributed by atoms with Gasteiger partial charge in [-0.05, 0) is 24.7 Å². The van der Waals surface area contributed by atoms with Gasteiger partial charge >= 0.3 is 0 Å². The van der Waals surface area contributed by atoms with E-state index in [2.05, 4.69) is 26.1 Å². The van der Waals surface area contributed by atoms with Crippen LogP contribution in [0.5, 0.6) is 0 Å². The lowest BCUT2D eigenvalue weighted by Crippen LogP contribution is -2.36. The third-order valence-electron chi connectivity index (χ3n) is 3.71. The summed E-state index contributed by atoms with van der Waals surface area (Å²) in [6.45, 7) is 6.90. The van der Waals surface area contributed by atoms with E-state index < -0.39 is 0 Å². The number of nitrogens with zero attached hydrogens (tertiary/aromatic N) is 1. The molecule has 0 saturated heterocycles. The number of hydrogen-bond donors (Lipinski definition) is 1. The first kappa shape index (κ1) is 12.3. The molecule has 2 nitrogen and oxygen atoms in total. The van der Waals surface area contributed by atoms with Gasteiger partial charge in [0.15, 0.2) is 5.17 Å². The van der Waals surface area contributed by atoms with Gasteiger partial charge in [-0.25, -0.2) is 0 Å². The Morgan fingerprint density at radius 1 is 1.38 bits per heavy atom. The minimum Gasteiger partial charge on any atom is -0.362 e. The summed E-state index contributed by atoms with van der Waals surface area (Å²) in [5.74, 6) is 2.73. The highest BCUT2D eigenvalue weighted by Crippen LogP contribution is 2.26. The van der Waals surface area contributed by atoms with Crippen LogP contribution in [0.2, 0.25) is 0 Å². The Bertz CT molecular complexity index is 263. The van der Waals surface area contributed by atoms with Crippen molar-refractivity contribution in [3.8, 4) is 0 Å². The summed E-state index contributed by atoms with van der Waals surface area (Å²) in [5.41, 5.74) is 0. The highest BCUT2D eigenvalue weighted by atomic mass is 32.2. The molecule has 0 amide bonds. The topological polar surface area (TPSA) is 24.4 Å². The van der Waals surface area contributed by atoms with E-state index in [4.69, 9.17) is 4.99 Å². The van der Waals surface area contributed by atoms with E-state index in [0.29, 0.717) is 18.0 Å². The fraction of sp³-hybridized carbons (Fsp3) is 0.923. The molecule has 1 aliphatic heterocycles. The normalized spacial score (nSPS) is 35.2. The summed E-state index contributed by atoms with van der Waals surface area (Å²) in [6.07, 6.45) is 5.44. The van der Waals surface area contributed by atoms with Crippen LogP contribution in [0, 0.1) is 11.8 Å². The molecule has 1 aliphatic carbocycles. The zero-order chi connectivity index (χ0) is 11.5. The van der Waals surface area contributed by atoms with Gasteiger partial charge in [0, 0.05) is 11.8 Å². The summed E-state index contributed by atoms with van der Waals surface area (Å²) < 4.78 is 0. The molecule has 1 heterocycles. The van der Waals surface area contributed by atoms with Crippen LogP contribution >= 0.6 is 11.8 Å². The van der Waals surface area contributed by atoms with Gasteiger partial charge < -0.3 is 5.32 Å². The van der Waals surface area contributed by atoms with Crippen molar-refractivity contribution in [2.24, 2.45) is 16.8 Å². The van der Waals surface area contributed by atoms with E-state index >= 15 is 0 Å². The average molecular weight is 240 g/mol. The third kappa shape index (κ3) is 3.16. The minimum absolute atomic E-state index is 0.536. The van der Waals surface area contributed by atoms with Crippen molar-refractivity contribution in [3.63, 3.8) is 0 Å². The number of rotatable bonds is 2. The molecule has 2 aliphatic rings. The maximum Gasteiger partial charge on any atom is 0.157 e. The second kappa shape index (κ2) is 5.44. The molecule has 3 unspecified atom stereocenters. The third-order valence-corrected chi connectivity index (χ3v) is 4.71. The van der Waals surface area contributed by atoms with Crippen molar-refractivity contribution < 1.29 is 0 Å². The first-order valence-electron chi connectivity index (χ1n) is 6.62. The fourth-order valence-corrected chi connectivity index (χ4v) is 3.80. The van der Waals surface area contributed by atoms with E-state index in [0.717, 1.165) is 5.92 Å². The summed E-state index contributed by atoms with van der Waals surface area (Å²) in [5, 5.41) is 4.85. The van der Waals surface area contributed by atoms with Gasteiger partial charge in [0.05, 0.1) is 6.04 Å². The molecule has 2 rings (SSSR count). The van der Waals surface area contributed by atoms with Crippen LogP contribution in [0.25, 0.3) is 0 Å². The summed E-state index contributed by atoms with van der Waals surface area (Å²) >= 11 is 1.91. The molecule has 1 fully saturated rings. The highest BCUT2D eigenvalue weighted by Gasteiger charge is 2.24. The van der Waals surface area contributed by atoms with Crippen LogP contribution in [0.4, 0.5) is 0 Å². The van der Waals surface area contributed by atoms with Gasteiger partial charge in [-0.2, -0.15) is 0 Å². The Labute approximate surface area is 104 Å². The maximum absolute atomic E-state index is 4.78. The van der Waals surface area contributed by atoms with Gasteiger partial charge in [-0.3, -0.25) is 4.99 Å². The molecule has 1 N–H and O–H groups in total. The van der Waals surface area contributed by atoms with Gasteiger partial charge in [0.25, 0.3) is 0 Å². The standard InChI is InChI=1S/C13H24N2S/c1-9(2)12-8-16-13(15-12)14-11-6-4-5-10(3)7-11/h9-12H,4-8H2,1-3H3,(H,14,15). The van der Waals surface area contributed by atoms with Crippen molar-refractivity contribution in [2.45, 2.75) is 58.5 Å². The number of amidine groups is 1. The zero-order valence-corrected chi connectivity index (χ0v) is 11.5. The molecule has 0 spiro atoms. The van der Waals surface area contributed by atoms with E-state index in [1.807, 2.05) is 11.8 Å². The van der Waals surface area contributed by atoms with Crippen molar-refractivity contribution in [1.82, 2.24) is 5.32 Å². The number of hydrogen-bond acceptors (Lipinski definition) is 3. The minimum atomic E-state index is 0.536. The summed E-state index contributed by atoms with van der Waals surface area (Å²) in [7, 11) is 0. The van der Waals surface area contributed by atoms with Crippen molar-refractivity contribution in [3.05, 3.63) is 0 Å². The maximum atomic E-state index is 4.78. The van der Waals surface area contributed by atoms with Gasteiger partial charge in [0.1, 0.15) is 0 Å². The zero-order valence-electron chi connectivity index (χ0n) is 10.7. The smallest absolute Gasteiger partial charge is 0.157 e. The quantitative estimate of drug-likeness (QED) is 0.801. The first-order valence-corrected chi connectivity index (χ1v) is 7.61. The lowest BCUT2D eigenvalue weighted by molar-refractivity contribution is 0.327. The number of thioether (sulfide) groups is 1. The van der Waals surface area contributed by atoms with Crippen molar-refractivity contribution in [1.29, 1.82) is 0 Å². The molecule has 0 radical (unpaired) electrons. The Morgan fingerprint density at radius 2 is 2.19 bits per heavy atom. The molecule has 1 saturated carbocycles. The second-order valence-corrected chi connectivity index (χ2v) is 6.68. The van der Waals surface area contributed by atoms with Crippen LogP contribution in [0.1, 0.15) is 46.5 Å². The highest BCUT2D eigenvalue weighted by molar-refractivity contribution is 8.14. The van der Waals surface area contributed by atoms with Crippen LogP contribution in [0.15, 0.2) is 4.99 Å². The van der Waals surface area contributed by atoms with Gasteiger partial charge in [0.2, 0.25) is 0 Å². The lowest BCUT2D eigenvalue weighted by atomic mass is 9.87. The van der Waals surface area contributed by atoms with Crippen LogP contribution in [-0.4, -0.2) is 23.0 Å². The molecular formula is C13H24N2S.